The normalized spacial score (nSPS) is 23.0. The van der Waals surface area contributed by atoms with Crippen LogP contribution in [0.2, 0.25) is 0 Å². The molecule has 0 radical (unpaired) electrons. The van der Waals surface area contributed by atoms with Gasteiger partial charge in [-0.25, -0.2) is 18.3 Å². The van der Waals surface area contributed by atoms with Crippen LogP contribution in [-0.2, 0) is 19.1 Å². The zero-order chi connectivity index (χ0) is 43.2. The maximum Gasteiger partial charge on any atom is 0.284 e. The van der Waals surface area contributed by atoms with Gasteiger partial charge in [-0.1, -0.05) is 17.9 Å². The summed E-state index contributed by atoms with van der Waals surface area (Å²) in [4.78, 5) is 47.2. The monoisotopic (exact) mass is 863 g/mol. The van der Waals surface area contributed by atoms with Gasteiger partial charge in [0.15, 0.2) is 11.3 Å². The van der Waals surface area contributed by atoms with Crippen molar-refractivity contribution in [3.63, 3.8) is 0 Å². The van der Waals surface area contributed by atoms with E-state index in [9.17, 15) is 23.2 Å². The van der Waals surface area contributed by atoms with Gasteiger partial charge < -0.3 is 24.6 Å². The number of carbonyl (C=O) groups is 3. The third-order valence-electron chi connectivity index (χ3n) is 13.5. The summed E-state index contributed by atoms with van der Waals surface area (Å²) in [7, 11) is 0. The van der Waals surface area contributed by atoms with Gasteiger partial charge in [-0.05, 0) is 88.8 Å². The summed E-state index contributed by atoms with van der Waals surface area (Å²) in [6, 6.07) is 7.08. The molecule has 1 atom stereocenters. The minimum absolute atomic E-state index is 0.000879. The Bertz CT molecular complexity index is 2610. The molecule has 2 aliphatic carbocycles. The number of halogens is 2. The molecule has 7 heterocycles. The van der Waals surface area contributed by atoms with Crippen molar-refractivity contribution in [2.45, 2.75) is 101 Å². The van der Waals surface area contributed by atoms with E-state index in [2.05, 4.69) is 47.6 Å². The van der Waals surface area contributed by atoms with Gasteiger partial charge in [0.05, 0.1) is 47.4 Å². The first-order valence-corrected chi connectivity index (χ1v) is 22.2. The Morgan fingerprint density at radius 3 is 2.67 bits per heavy atom. The Kier molecular flexibility index (Phi) is 11.2. The molecule has 16 nitrogen and oxygen atoms in total. The highest BCUT2D eigenvalue weighted by atomic mass is 19.3. The minimum atomic E-state index is -2.86. The molecule has 1 aromatic carbocycles. The largest absolute Gasteiger partial charge is 0.371 e. The summed E-state index contributed by atoms with van der Waals surface area (Å²) >= 11 is 0. The van der Waals surface area contributed by atoms with Crippen molar-refractivity contribution in [3.05, 3.63) is 65.4 Å². The molecule has 63 heavy (non-hydrogen) atoms. The first-order valence-electron chi connectivity index (χ1n) is 22.2. The van der Waals surface area contributed by atoms with Gasteiger partial charge >= 0.3 is 0 Å². The highest BCUT2D eigenvalue weighted by Gasteiger charge is 2.47. The summed E-state index contributed by atoms with van der Waals surface area (Å²) in [5, 5.41) is 19.3. The van der Waals surface area contributed by atoms with E-state index < -0.39 is 24.1 Å². The van der Waals surface area contributed by atoms with Crippen molar-refractivity contribution in [2.75, 3.05) is 56.2 Å². The second-order valence-corrected chi connectivity index (χ2v) is 17.7. The second-order valence-electron chi connectivity index (χ2n) is 17.7. The van der Waals surface area contributed by atoms with Crippen LogP contribution in [0.4, 0.5) is 20.3 Å². The number of benzene rings is 1. The molecule has 1 unspecified atom stereocenters. The lowest BCUT2D eigenvalue weighted by molar-refractivity contribution is -0.135. The molecule has 4 aromatic heterocycles. The number of amides is 3. The molecule has 10 rings (SSSR count). The predicted molar refractivity (Wildman–Crippen MR) is 227 cm³/mol. The molecule has 330 valence electrons. The fourth-order valence-corrected chi connectivity index (χ4v) is 9.86. The molecule has 3 amide bonds. The lowest BCUT2D eigenvalue weighted by atomic mass is 9.85. The standard InChI is InChI=1S/C45H51F2N11O5/c1-28-39-30(4-2-6-35(39)58(52-28)36-11-12-38(59)51-44(36)61)5-3-22-62-32-13-18-54(19-14-32)25-29-7-9-31(10-8-29)57-26-34(40(53-57)41(46)47)49-43(60)33-24-48-56-20-15-37(50-42(33)56)55-21-23-63-45(27-55)16-17-45/h2,4,6,15,20,24,26,29,31-32,36,41H,7-14,16-19,21-23,25,27H2,1H3,(H,49,60)(H,51,59,61). The first-order chi connectivity index (χ1) is 30.6. The number of nitrogens with one attached hydrogen (secondary N) is 2. The number of aromatic nitrogens is 7. The number of piperidine rings is 2. The van der Waals surface area contributed by atoms with Crippen molar-refractivity contribution in [1.82, 2.24) is 44.4 Å². The van der Waals surface area contributed by atoms with E-state index in [0.717, 1.165) is 106 Å². The third-order valence-corrected chi connectivity index (χ3v) is 13.5. The quantitative estimate of drug-likeness (QED) is 0.137. The van der Waals surface area contributed by atoms with Gasteiger partial charge in [0, 0.05) is 62.5 Å². The smallest absolute Gasteiger partial charge is 0.284 e. The Labute approximate surface area is 362 Å². The summed E-state index contributed by atoms with van der Waals surface area (Å²) in [6.45, 7) is 7.13. The summed E-state index contributed by atoms with van der Waals surface area (Å²) in [5.41, 5.74) is 2.43. The fraction of sp³-hybridized carbons (Fsp3) is 0.533. The van der Waals surface area contributed by atoms with Crippen LogP contribution in [0.5, 0.6) is 0 Å². The average molecular weight is 864 g/mol. The number of aryl methyl sites for hydroxylation is 1. The van der Waals surface area contributed by atoms with E-state index in [1.807, 2.05) is 31.2 Å². The number of carbonyl (C=O) groups excluding carboxylic acids is 3. The topological polar surface area (TPSA) is 166 Å². The molecule has 1 spiro atoms. The number of likely N-dealkylation sites (tertiary alicyclic amines) is 1. The van der Waals surface area contributed by atoms with Crippen LogP contribution in [0.25, 0.3) is 16.6 Å². The highest BCUT2D eigenvalue weighted by molar-refractivity contribution is 6.08. The minimum Gasteiger partial charge on any atom is -0.371 e. The average Bonchev–Trinajstić information content (AvgIpc) is 3.56. The number of anilines is 2. The number of alkyl halides is 2. The van der Waals surface area contributed by atoms with Crippen LogP contribution in [0, 0.1) is 24.7 Å². The molecule has 0 bridgehead atoms. The van der Waals surface area contributed by atoms with E-state index >= 15 is 0 Å². The lowest BCUT2D eigenvalue weighted by Gasteiger charge is -2.36. The van der Waals surface area contributed by atoms with E-state index in [-0.39, 0.29) is 47.2 Å². The molecule has 3 aliphatic heterocycles. The van der Waals surface area contributed by atoms with E-state index in [4.69, 9.17) is 14.5 Å². The third kappa shape index (κ3) is 8.53. The molecule has 18 heteroatoms. The maximum absolute atomic E-state index is 14.3. The number of hydrogen-bond donors (Lipinski definition) is 2. The van der Waals surface area contributed by atoms with Crippen molar-refractivity contribution in [1.29, 1.82) is 0 Å². The van der Waals surface area contributed by atoms with Gasteiger partial charge in [0.25, 0.3) is 18.2 Å². The van der Waals surface area contributed by atoms with Crippen LogP contribution in [0.15, 0.2) is 42.9 Å². The van der Waals surface area contributed by atoms with Gasteiger partial charge in [-0.3, -0.25) is 29.1 Å². The predicted octanol–water partition coefficient (Wildman–Crippen LogP) is 5.38. The van der Waals surface area contributed by atoms with Crippen LogP contribution in [0.1, 0.15) is 110 Å². The number of nitrogens with zero attached hydrogens (tertiary/aromatic N) is 9. The highest BCUT2D eigenvalue weighted by Crippen LogP contribution is 2.43. The Balaban J connectivity index is 0.694. The number of fused-ring (bicyclic) bond motifs is 2. The lowest BCUT2D eigenvalue weighted by Crippen LogP contribution is -2.44. The molecular weight excluding hydrogens is 813 g/mol. The first kappa shape index (κ1) is 41.3. The van der Waals surface area contributed by atoms with Gasteiger partial charge in [0.2, 0.25) is 5.91 Å². The van der Waals surface area contributed by atoms with E-state index in [1.54, 1.807) is 21.8 Å². The van der Waals surface area contributed by atoms with Crippen molar-refractivity contribution in [2.24, 2.45) is 5.92 Å². The number of imide groups is 1. The van der Waals surface area contributed by atoms with Crippen molar-refractivity contribution in [3.8, 4) is 11.8 Å². The zero-order valence-corrected chi connectivity index (χ0v) is 35.3. The van der Waals surface area contributed by atoms with Crippen LogP contribution < -0.4 is 15.5 Å². The second kappa shape index (κ2) is 17.1. The maximum atomic E-state index is 14.3. The van der Waals surface area contributed by atoms with Crippen molar-refractivity contribution < 1.29 is 32.6 Å². The Morgan fingerprint density at radius 1 is 1.06 bits per heavy atom. The van der Waals surface area contributed by atoms with E-state index in [0.29, 0.717) is 37.7 Å². The van der Waals surface area contributed by atoms with E-state index in [1.165, 1.54) is 10.7 Å². The van der Waals surface area contributed by atoms with Gasteiger partial charge in [-0.15, -0.1) is 0 Å². The fourth-order valence-electron chi connectivity index (χ4n) is 9.86. The number of ether oxygens (including phenoxy) is 2. The molecule has 5 fully saturated rings. The van der Waals surface area contributed by atoms with Crippen LogP contribution >= 0.6 is 0 Å². The number of rotatable bonds is 10. The summed E-state index contributed by atoms with van der Waals surface area (Å²) in [5.74, 6) is 6.52. The Hall–Kier alpha value is -5.77. The molecule has 5 aromatic rings. The van der Waals surface area contributed by atoms with Crippen LogP contribution in [0.3, 0.4) is 0 Å². The molecular formula is C45H51F2N11O5. The SMILES string of the molecule is Cc1nn(C2CCC(=O)NC2=O)c2cccc(C#CCOC3CCN(CC4CCC(n5cc(NC(=O)c6cnn7ccc(N8CCOC9(CC9)C8)nc67)c(C(F)F)n5)CC4)CC3)c12. The van der Waals surface area contributed by atoms with Crippen molar-refractivity contribution >= 4 is 45.8 Å². The van der Waals surface area contributed by atoms with Gasteiger partial charge in [0.1, 0.15) is 24.0 Å². The number of morpholine rings is 1. The molecule has 2 saturated carbocycles. The molecule has 3 saturated heterocycles. The van der Waals surface area contributed by atoms with Gasteiger partial charge in [-0.2, -0.15) is 15.3 Å². The summed E-state index contributed by atoms with van der Waals surface area (Å²) < 4.78 is 45.6. The Morgan fingerprint density at radius 2 is 1.89 bits per heavy atom. The molecule has 5 aliphatic rings. The zero-order valence-electron chi connectivity index (χ0n) is 35.3. The number of hydrogen-bond acceptors (Lipinski definition) is 11. The van der Waals surface area contributed by atoms with Crippen LogP contribution in [-0.4, -0.2) is 114 Å². The summed E-state index contributed by atoms with van der Waals surface area (Å²) in [6.07, 6.45) is 10.1. The molecule has 2 N–H and O–H groups in total.